The molecule has 0 N–H and O–H groups in total. The molecule has 0 fully saturated rings. The summed E-state index contributed by atoms with van der Waals surface area (Å²) in [6.45, 7) is 5.12. The van der Waals surface area contributed by atoms with E-state index < -0.39 is 0 Å². The summed E-state index contributed by atoms with van der Waals surface area (Å²) in [5.74, 6) is 1.97. The van der Waals surface area contributed by atoms with Crippen LogP contribution < -0.4 is 9.47 Å². The highest BCUT2D eigenvalue weighted by molar-refractivity contribution is 5.92. The Bertz CT molecular complexity index is 1010. The van der Waals surface area contributed by atoms with Gasteiger partial charge in [0.25, 0.3) is 0 Å². The second-order valence-electron chi connectivity index (χ2n) is 6.11. The van der Waals surface area contributed by atoms with Gasteiger partial charge in [0, 0.05) is 12.6 Å². The van der Waals surface area contributed by atoms with Gasteiger partial charge in [0.05, 0.1) is 29.8 Å². The average Bonchev–Trinajstić information content (AvgIpc) is 3.02. The van der Waals surface area contributed by atoms with E-state index in [0.717, 1.165) is 23.0 Å². The van der Waals surface area contributed by atoms with Crippen LogP contribution in [0, 0.1) is 11.3 Å². The van der Waals surface area contributed by atoms with Gasteiger partial charge < -0.3 is 14.0 Å². The summed E-state index contributed by atoms with van der Waals surface area (Å²) in [4.78, 5) is 4.63. The van der Waals surface area contributed by atoms with E-state index in [2.05, 4.69) is 18.0 Å². The maximum atomic E-state index is 9.79. The van der Waals surface area contributed by atoms with Crippen molar-refractivity contribution in [3.05, 3.63) is 53.9 Å². The van der Waals surface area contributed by atoms with Crippen LogP contribution in [0.3, 0.4) is 0 Å². The van der Waals surface area contributed by atoms with Crippen molar-refractivity contribution in [1.29, 1.82) is 5.26 Å². The first-order valence-corrected chi connectivity index (χ1v) is 9.11. The fourth-order valence-corrected chi connectivity index (χ4v) is 2.96. The van der Waals surface area contributed by atoms with Crippen molar-refractivity contribution in [1.82, 2.24) is 9.55 Å². The van der Waals surface area contributed by atoms with E-state index in [1.165, 1.54) is 0 Å². The Morgan fingerprint density at radius 1 is 1.15 bits per heavy atom. The maximum absolute atomic E-state index is 9.79. The van der Waals surface area contributed by atoms with Crippen LogP contribution in [0.1, 0.15) is 31.7 Å². The zero-order valence-electron chi connectivity index (χ0n) is 15.9. The molecule has 3 rings (SSSR count). The molecular weight excluding hydrogens is 338 g/mol. The zero-order valence-corrected chi connectivity index (χ0v) is 15.9. The summed E-state index contributed by atoms with van der Waals surface area (Å²) in [6, 6.07) is 15.8. The third-order valence-electron chi connectivity index (χ3n) is 4.21. The molecule has 1 heterocycles. The smallest absolute Gasteiger partial charge is 0.168 e. The van der Waals surface area contributed by atoms with Crippen LogP contribution in [-0.4, -0.2) is 22.8 Å². The van der Waals surface area contributed by atoms with Crippen molar-refractivity contribution in [2.75, 3.05) is 13.2 Å². The average molecular weight is 361 g/mol. The van der Waals surface area contributed by atoms with Crippen LogP contribution in [0.4, 0.5) is 0 Å². The van der Waals surface area contributed by atoms with Crippen LogP contribution in [0.5, 0.6) is 11.5 Å². The van der Waals surface area contributed by atoms with Gasteiger partial charge in [-0.1, -0.05) is 31.2 Å². The van der Waals surface area contributed by atoms with Crippen LogP contribution >= 0.6 is 0 Å². The Morgan fingerprint density at radius 3 is 2.67 bits per heavy atom. The van der Waals surface area contributed by atoms with Crippen LogP contribution in [0.25, 0.3) is 22.7 Å². The van der Waals surface area contributed by atoms with Gasteiger partial charge >= 0.3 is 0 Å². The van der Waals surface area contributed by atoms with Crippen molar-refractivity contribution in [2.24, 2.45) is 7.05 Å². The number of allylic oxidation sites excluding steroid dienone is 1. The number of para-hydroxylation sites is 3. The fraction of sp³-hybridized carbons (Fsp3) is 0.273. The third kappa shape index (κ3) is 3.80. The molecule has 27 heavy (non-hydrogen) atoms. The molecule has 0 aliphatic rings. The standard InChI is InChI=1S/C22H23N3O2/c1-4-13-27-21-16(9-8-12-20(21)26-5-2)14-17(15-23)22-24-18-10-6-7-11-19(18)25(22)3/h6-12,14H,4-5,13H2,1-3H3/b17-14+. The first-order valence-electron chi connectivity index (χ1n) is 9.11. The molecule has 0 bridgehead atoms. The molecule has 0 spiro atoms. The first-order chi connectivity index (χ1) is 13.2. The van der Waals surface area contributed by atoms with E-state index >= 15 is 0 Å². The van der Waals surface area contributed by atoms with Gasteiger partial charge in [-0.2, -0.15) is 5.26 Å². The number of ether oxygens (including phenoxy) is 2. The first kappa shape index (κ1) is 18.5. The number of hydrogen-bond acceptors (Lipinski definition) is 4. The zero-order chi connectivity index (χ0) is 19.2. The van der Waals surface area contributed by atoms with Gasteiger partial charge in [0.1, 0.15) is 6.07 Å². The summed E-state index contributed by atoms with van der Waals surface area (Å²) in [6.07, 6.45) is 2.70. The lowest BCUT2D eigenvalue weighted by molar-refractivity contribution is 0.276. The van der Waals surface area contributed by atoms with Gasteiger partial charge in [0.2, 0.25) is 0 Å². The van der Waals surface area contributed by atoms with E-state index in [1.807, 2.05) is 67.1 Å². The van der Waals surface area contributed by atoms with Crippen molar-refractivity contribution in [3.63, 3.8) is 0 Å². The number of aromatic nitrogens is 2. The number of nitrogens with zero attached hydrogens (tertiary/aromatic N) is 3. The Hall–Kier alpha value is -3.26. The molecule has 0 radical (unpaired) electrons. The van der Waals surface area contributed by atoms with Crippen LogP contribution in [0.2, 0.25) is 0 Å². The number of hydrogen-bond donors (Lipinski definition) is 0. The molecule has 0 saturated carbocycles. The highest BCUT2D eigenvalue weighted by Gasteiger charge is 2.15. The normalized spacial score (nSPS) is 11.4. The van der Waals surface area contributed by atoms with Gasteiger partial charge in [-0.15, -0.1) is 0 Å². The Kier molecular flexibility index (Phi) is 5.77. The molecule has 1 aromatic heterocycles. The van der Waals surface area contributed by atoms with E-state index in [1.54, 1.807) is 0 Å². The molecule has 0 aliphatic carbocycles. The molecule has 3 aromatic rings. The van der Waals surface area contributed by atoms with E-state index in [0.29, 0.717) is 36.1 Å². The van der Waals surface area contributed by atoms with Crippen molar-refractivity contribution in [3.8, 4) is 17.6 Å². The summed E-state index contributed by atoms with van der Waals surface area (Å²) >= 11 is 0. The predicted octanol–water partition coefficient (Wildman–Crippen LogP) is 4.82. The molecule has 138 valence electrons. The minimum absolute atomic E-state index is 0.476. The number of benzene rings is 2. The third-order valence-corrected chi connectivity index (χ3v) is 4.21. The molecule has 2 aromatic carbocycles. The van der Waals surface area contributed by atoms with Gasteiger partial charge in [0.15, 0.2) is 17.3 Å². The highest BCUT2D eigenvalue weighted by Crippen LogP contribution is 2.34. The molecule has 0 saturated heterocycles. The van der Waals surface area contributed by atoms with Gasteiger partial charge in [-0.25, -0.2) is 4.98 Å². The monoisotopic (exact) mass is 361 g/mol. The lowest BCUT2D eigenvalue weighted by Crippen LogP contribution is -2.02. The number of aryl methyl sites for hydroxylation is 1. The Morgan fingerprint density at radius 2 is 1.96 bits per heavy atom. The van der Waals surface area contributed by atoms with Crippen molar-refractivity contribution in [2.45, 2.75) is 20.3 Å². The number of nitriles is 1. The minimum Gasteiger partial charge on any atom is -0.490 e. The van der Waals surface area contributed by atoms with Gasteiger partial charge in [-0.3, -0.25) is 0 Å². The molecule has 0 atom stereocenters. The Balaban J connectivity index is 2.11. The molecule has 0 unspecified atom stereocenters. The van der Waals surface area contributed by atoms with E-state index in [4.69, 9.17) is 9.47 Å². The summed E-state index contributed by atoms with van der Waals surface area (Å²) < 4.78 is 13.6. The number of rotatable bonds is 7. The summed E-state index contributed by atoms with van der Waals surface area (Å²) in [5, 5.41) is 9.79. The fourth-order valence-electron chi connectivity index (χ4n) is 2.96. The lowest BCUT2D eigenvalue weighted by Gasteiger charge is -2.14. The van der Waals surface area contributed by atoms with E-state index in [-0.39, 0.29) is 0 Å². The molecular formula is C22H23N3O2. The number of imidazole rings is 1. The molecule has 5 heteroatoms. The SMILES string of the molecule is CCCOc1c(/C=C(\C#N)c2nc3ccccc3n2C)cccc1OCC. The maximum Gasteiger partial charge on any atom is 0.168 e. The van der Waals surface area contributed by atoms with E-state index in [9.17, 15) is 5.26 Å². The second kappa shape index (κ2) is 8.41. The van der Waals surface area contributed by atoms with Crippen LogP contribution in [-0.2, 0) is 7.05 Å². The predicted molar refractivity (Wildman–Crippen MR) is 108 cm³/mol. The number of fused-ring (bicyclic) bond motifs is 1. The van der Waals surface area contributed by atoms with Gasteiger partial charge in [-0.05, 0) is 37.6 Å². The minimum atomic E-state index is 0.476. The lowest BCUT2D eigenvalue weighted by atomic mass is 10.1. The Labute approximate surface area is 159 Å². The summed E-state index contributed by atoms with van der Waals surface area (Å²) in [7, 11) is 1.92. The molecule has 5 nitrogen and oxygen atoms in total. The summed E-state index contributed by atoms with van der Waals surface area (Å²) in [5.41, 5.74) is 3.13. The largest absolute Gasteiger partial charge is 0.490 e. The molecule has 0 aliphatic heterocycles. The second-order valence-corrected chi connectivity index (χ2v) is 6.11. The van der Waals surface area contributed by atoms with Crippen molar-refractivity contribution < 1.29 is 9.47 Å². The molecule has 0 amide bonds. The van der Waals surface area contributed by atoms with Crippen LogP contribution in [0.15, 0.2) is 42.5 Å². The topological polar surface area (TPSA) is 60.1 Å². The highest BCUT2D eigenvalue weighted by atomic mass is 16.5. The quantitative estimate of drug-likeness (QED) is 0.566. The van der Waals surface area contributed by atoms with Crippen molar-refractivity contribution >= 4 is 22.7 Å².